The summed E-state index contributed by atoms with van der Waals surface area (Å²) in [6.45, 7) is 4.09. The number of rotatable bonds is 5. The minimum atomic E-state index is -0.363. The van der Waals surface area contributed by atoms with Crippen LogP contribution < -0.4 is 20.1 Å². The second-order valence-corrected chi connectivity index (χ2v) is 8.48. The molecule has 0 unspecified atom stereocenters. The third kappa shape index (κ3) is 3.85. The monoisotopic (exact) mass is 415 g/mol. The van der Waals surface area contributed by atoms with Crippen molar-refractivity contribution in [2.45, 2.75) is 13.8 Å². The van der Waals surface area contributed by atoms with Gasteiger partial charge in [-0.2, -0.15) is 0 Å². The maximum Gasteiger partial charge on any atom is 0.251 e. The molecule has 2 amide bonds. The first-order valence-corrected chi connectivity index (χ1v) is 10.2. The zero-order valence-electron chi connectivity index (χ0n) is 15.2. The molecule has 2 aromatic heterocycles. The quantitative estimate of drug-likeness (QED) is 0.665. The summed E-state index contributed by atoms with van der Waals surface area (Å²) in [5, 5.41) is 7.72. The van der Waals surface area contributed by atoms with E-state index in [1.165, 1.54) is 21.1 Å². The van der Waals surface area contributed by atoms with Crippen LogP contribution in [0.1, 0.15) is 20.1 Å². The molecule has 0 spiro atoms. The third-order valence-corrected chi connectivity index (χ3v) is 5.84. The number of carbonyl (C=O) groups excluding carboxylic acids is 2. The van der Waals surface area contributed by atoms with Crippen LogP contribution in [-0.2, 0) is 4.79 Å². The molecule has 0 aliphatic carbocycles. The molecule has 0 bridgehead atoms. The smallest absolute Gasteiger partial charge is 0.251 e. The molecule has 3 aromatic rings. The fourth-order valence-corrected chi connectivity index (χ4v) is 4.46. The average molecular weight is 415 g/mol. The lowest BCUT2D eigenvalue weighted by Crippen LogP contribution is -2.32. The molecule has 0 fully saturated rings. The normalized spacial score (nSPS) is 12.1. The van der Waals surface area contributed by atoms with Crippen LogP contribution in [0.25, 0.3) is 11.3 Å². The highest BCUT2D eigenvalue weighted by Gasteiger charge is 2.17. The van der Waals surface area contributed by atoms with Crippen LogP contribution in [-0.4, -0.2) is 30.1 Å². The Hall–Kier alpha value is -2.91. The minimum Gasteiger partial charge on any atom is -0.454 e. The van der Waals surface area contributed by atoms with Gasteiger partial charge in [-0.25, -0.2) is 4.98 Å². The first-order chi connectivity index (χ1) is 13.5. The topological polar surface area (TPSA) is 89.6 Å². The molecule has 1 aliphatic rings. The lowest BCUT2D eigenvalue weighted by molar-refractivity contribution is -0.115. The zero-order chi connectivity index (χ0) is 19.7. The molecule has 4 rings (SSSR count). The molecule has 28 heavy (non-hydrogen) atoms. The summed E-state index contributed by atoms with van der Waals surface area (Å²) in [4.78, 5) is 31.3. The highest BCUT2D eigenvalue weighted by molar-refractivity contribution is 7.14. The molecular weight excluding hydrogens is 398 g/mol. The summed E-state index contributed by atoms with van der Waals surface area (Å²) in [6.07, 6.45) is 0. The van der Waals surface area contributed by atoms with Crippen molar-refractivity contribution < 1.29 is 19.1 Å². The number of amides is 2. The summed E-state index contributed by atoms with van der Waals surface area (Å²) < 4.78 is 10.5. The van der Waals surface area contributed by atoms with E-state index in [1.54, 1.807) is 29.5 Å². The van der Waals surface area contributed by atoms with Crippen LogP contribution in [0.4, 0.5) is 5.13 Å². The number of hydrogen-bond donors (Lipinski definition) is 2. The molecule has 0 saturated heterocycles. The van der Waals surface area contributed by atoms with E-state index in [2.05, 4.69) is 35.5 Å². The molecule has 144 valence electrons. The highest BCUT2D eigenvalue weighted by Crippen LogP contribution is 2.33. The summed E-state index contributed by atoms with van der Waals surface area (Å²) >= 11 is 3.07. The molecule has 1 aliphatic heterocycles. The van der Waals surface area contributed by atoms with Crippen LogP contribution in [0.5, 0.6) is 11.5 Å². The van der Waals surface area contributed by atoms with Gasteiger partial charge in [-0.05, 0) is 38.1 Å². The Morgan fingerprint density at radius 2 is 2.00 bits per heavy atom. The van der Waals surface area contributed by atoms with Gasteiger partial charge in [-0.3, -0.25) is 9.59 Å². The van der Waals surface area contributed by atoms with Crippen LogP contribution in [0.15, 0.2) is 29.6 Å². The van der Waals surface area contributed by atoms with Crippen molar-refractivity contribution in [3.63, 3.8) is 0 Å². The number of nitrogens with one attached hydrogen (secondary N) is 2. The molecule has 0 saturated carbocycles. The number of ether oxygens (including phenoxy) is 2. The largest absolute Gasteiger partial charge is 0.454 e. The average Bonchev–Trinajstić information content (AvgIpc) is 3.38. The van der Waals surface area contributed by atoms with E-state index in [0.717, 1.165) is 11.3 Å². The fourth-order valence-electron chi connectivity index (χ4n) is 2.80. The van der Waals surface area contributed by atoms with Crippen LogP contribution in [0.2, 0.25) is 0 Å². The zero-order valence-corrected chi connectivity index (χ0v) is 16.8. The predicted octanol–water partition coefficient (Wildman–Crippen LogP) is 3.59. The number of thiophene rings is 1. The third-order valence-electron chi connectivity index (χ3n) is 4.11. The van der Waals surface area contributed by atoms with Gasteiger partial charge in [0.1, 0.15) is 0 Å². The molecule has 3 heterocycles. The van der Waals surface area contributed by atoms with E-state index in [-0.39, 0.29) is 25.2 Å². The lowest BCUT2D eigenvalue weighted by Gasteiger charge is -2.06. The lowest BCUT2D eigenvalue weighted by atomic mass is 10.2. The number of carbonyl (C=O) groups is 2. The van der Waals surface area contributed by atoms with Crippen molar-refractivity contribution in [3.05, 3.63) is 45.0 Å². The van der Waals surface area contributed by atoms with Gasteiger partial charge in [0.05, 0.1) is 12.2 Å². The van der Waals surface area contributed by atoms with Gasteiger partial charge in [0.2, 0.25) is 12.7 Å². The molecular formula is C19H17N3O4S2. The summed E-state index contributed by atoms with van der Waals surface area (Å²) in [5.41, 5.74) is 2.32. The van der Waals surface area contributed by atoms with Gasteiger partial charge in [0.25, 0.3) is 5.91 Å². The second-order valence-electron chi connectivity index (χ2n) is 6.16. The number of hydrogen-bond acceptors (Lipinski definition) is 7. The predicted molar refractivity (Wildman–Crippen MR) is 108 cm³/mol. The number of aryl methyl sites for hydroxylation is 2. The van der Waals surface area contributed by atoms with Gasteiger partial charge in [-0.1, -0.05) is 0 Å². The van der Waals surface area contributed by atoms with Crippen molar-refractivity contribution in [2.24, 2.45) is 0 Å². The molecule has 0 atom stereocenters. The van der Waals surface area contributed by atoms with Crippen LogP contribution in [0.3, 0.4) is 0 Å². The molecule has 0 radical (unpaired) electrons. The van der Waals surface area contributed by atoms with Crippen LogP contribution in [0, 0.1) is 13.8 Å². The number of benzene rings is 1. The molecule has 7 nitrogen and oxygen atoms in total. The summed E-state index contributed by atoms with van der Waals surface area (Å²) in [5.74, 6) is 0.419. The number of thiazole rings is 1. The minimum absolute atomic E-state index is 0.142. The van der Waals surface area contributed by atoms with E-state index >= 15 is 0 Å². The van der Waals surface area contributed by atoms with Gasteiger partial charge in [-0.15, -0.1) is 22.7 Å². The number of anilines is 1. The first-order valence-electron chi connectivity index (χ1n) is 8.50. The highest BCUT2D eigenvalue weighted by atomic mass is 32.1. The molecule has 9 heteroatoms. The van der Waals surface area contributed by atoms with Crippen molar-refractivity contribution in [2.75, 3.05) is 18.7 Å². The Morgan fingerprint density at radius 1 is 1.18 bits per heavy atom. The standard InChI is InChI=1S/C19H17N3O4S2/c1-10-5-13(11(2)28-10)14-8-27-19(21-14)22-17(23)7-20-18(24)12-3-4-15-16(6-12)26-9-25-15/h3-6,8H,7,9H2,1-2H3,(H,20,24)(H,21,22,23). The molecule has 1 aromatic carbocycles. The SMILES string of the molecule is Cc1cc(-c2csc(NC(=O)CNC(=O)c3ccc4c(c3)OCO4)n2)c(C)s1. The maximum absolute atomic E-state index is 12.2. The second kappa shape index (κ2) is 7.61. The van der Waals surface area contributed by atoms with Gasteiger partial charge >= 0.3 is 0 Å². The number of nitrogens with zero attached hydrogens (tertiary/aromatic N) is 1. The van der Waals surface area contributed by atoms with E-state index in [4.69, 9.17) is 9.47 Å². The Balaban J connectivity index is 1.33. The van der Waals surface area contributed by atoms with E-state index in [9.17, 15) is 9.59 Å². The van der Waals surface area contributed by atoms with Crippen LogP contribution >= 0.6 is 22.7 Å². The number of fused-ring (bicyclic) bond motifs is 1. The maximum atomic E-state index is 12.2. The Bertz CT molecular complexity index is 1060. The van der Waals surface area contributed by atoms with Crippen molar-refractivity contribution in [3.8, 4) is 22.8 Å². The van der Waals surface area contributed by atoms with E-state index < -0.39 is 0 Å². The van der Waals surface area contributed by atoms with E-state index in [1.807, 2.05) is 5.38 Å². The van der Waals surface area contributed by atoms with Crippen molar-refractivity contribution in [1.29, 1.82) is 0 Å². The van der Waals surface area contributed by atoms with Gasteiger partial charge in [0, 0.05) is 26.3 Å². The Morgan fingerprint density at radius 3 is 2.79 bits per heavy atom. The van der Waals surface area contributed by atoms with Crippen molar-refractivity contribution in [1.82, 2.24) is 10.3 Å². The Kier molecular flexibility index (Phi) is 5.01. The Labute approximate surface area is 169 Å². The van der Waals surface area contributed by atoms with E-state index in [0.29, 0.717) is 22.2 Å². The fraction of sp³-hybridized carbons (Fsp3) is 0.211. The van der Waals surface area contributed by atoms with Gasteiger partial charge in [0.15, 0.2) is 16.6 Å². The molecule has 2 N–H and O–H groups in total. The summed E-state index contributed by atoms with van der Waals surface area (Å²) in [6, 6.07) is 6.97. The van der Waals surface area contributed by atoms with Gasteiger partial charge < -0.3 is 20.1 Å². The first kappa shape index (κ1) is 18.5. The van der Waals surface area contributed by atoms with Crippen molar-refractivity contribution >= 4 is 39.6 Å². The summed E-state index contributed by atoms with van der Waals surface area (Å²) in [7, 11) is 0. The number of aromatic nitrogens is 1.